The van der Waals surface area contributed by atoms with Gasteiger partial charge in [0.2, 0.25) is 10.0 Å². The van der Waals surface area contributed by atoms with Crippen molar-refractivity contribution in [1.82, 2.24) is 14.3 Å². The Morgan fingerprint density at radius 1 is 1.07 bits per heavy atom. The minimum atomic E-state index is -3.68. The van der Waals surface area contributed by atoms with E-state index in [9.17, 15) is 13.5 Å². The molecule has 0 saturated carbocycles. The molecule has 1 aliphatic rings. The van der Waals surface area contributed by atoms with Crippen LogP contribution in [0.1, 0.15) is 12.0 Å². The SMILES string of the molecule is Cc1ccc(N[C@@H]2CCN(S(=O)(=O)c3ccc(-c4cccnc4)cc3)C[C@@H]2O)nc1. The number of benzene rings is 1. The Morgan fingerprint density at radius 2 is 1.87 bits per heavy atom. The average molecular weight is 425 g/mol. The van der Waals surface area contributed by atoms with Crippen molar-refractivity contribution in [2.45, 2.75) is 30.4 Å². The third-order valence-electron chi connectivity index (χ3n) is 5.28. The number of nitrogens with one attached hydrogen (secondary N) is 1. The van der Waals surface area contributed by atoms with Crippen molar-refractivity contribution >= 4 is 15.8 Å². The molecular formula is C22H24N4O3S. The molecule has 2 aromatic heterocycles. The molecule has 0 unspecified atom stereocenters. The van der Waals surface area contributed by atoms with Crippen LogP contribution in [0, 0.1) is 6.92 Å². The Kier molecular flexibility index (Phi) is 5.80. The number of aryl methyl sites for hydroxylation is 1. The van der Waals surface area contributed by atoms with Crippen LogP contribution in [0.4, 0.5) is 5.82 Å². The van der Waals surface area contributed by atoms with Gasteiger partial charge in [-0.15, -0.1) is 0 Å². The summed E-state index contributed by atoms with van der Waals surface area (Å²) in [7, 11) is -3.68. The molecule has 4 rings (SSSR count). The fraction of sp³-hybridized carbons (Fsp3) is 0.273. The zero-order chi connectivity index (χ0) is 21.1. The topological polar surface area (TPSA) is 95.4 Å². The van der Waals surface area contributed by atoms with Crippen LogP contribution in [0.2, 0.25) is 0 Å². The van der Waals surface area contributed by atoms with E-state index >= 15 is 0 Å². The van der Waals surface area contributed by atoms with Gasteiger partial charge in [-0.2, -0.15) is 4.31 Å². The molecule has 0 amide bonds. The van der Waals surface area contributed by atoms with E-state index in [-0.39, 0.29) is 17.5 Å². The third-order valence-corrected chi connectivity index (χ3v) is 7.16. The maximum Gasteiger partial charge on any atom is 0.243 e. The van der Waals surface area contributed by atoms with Crippen LogP contribution in [-0.4, -0.2) is 53.0 Å². The molecule has 1 saturated heterocycles. The number of aliphatic hydroxyl groups is 1. The molecule has 2 N–H and O–H groups in total. The largest absolute Gasteiger partial charge is 0.390 e. The zero-order valence-electron chi connectivity index (χ0n) is 16.6. The highest BCUT2D eigenvalue weighted by atomic mass is 32.2. The number of hydrogen-bond donors (Lipinski definition) is 2. The van der Waals surface area contributed by atoms with Gasteiger partial charge in [0, 0.05) is 31.7 Å². The minimum absolute atomic E-state index is 0.0379. The highest BCUT2D eigenvalue weighted by molar-refractivity contribution is 7.89. The van der Waals surface area contributed by atoms with Crippen molar-refractivity contribution in [1.29, 1.82) is 0 Å². The van der Waals surface area contributed by atoms with Gasteiger partial charge < -0.3 is 10.4 Å². The van der Waals surface area contributed by atoms with Crippen LogP contribution >= 0.6 is 0 Å². The highest BCUT2D eigenvalue weighted by Gasteiger charge is 2.34. The molecule has 30 heavy (non-hydrogen) atoms. The number of hydrogen-bond acceptors (Lipinski definition) is 6. The summed E-state index contributed by atoms with van der Waals surface area (Å²) in [5, 5.41) is 13.8. The highest BCUT2D eigenvalue weighted by Crippen LogP contribution is 2.25. The quantitative estimate of drug-likeness (QED) is 0.654. The molecule has 1 aliphatic heterocycles. The summed E-state index contributed by atoms with van der Waals surface area (Å²) in [5.74, 6) is 0.673. The number of aliphatic hydroxyl groups excluding tert-OH is 1. The number of anilines is 1. The van der Waals surface area contributed by atoms with Gasteiger partial charge in [-0.05, 0) is 54.3 Å². The van der Waals surface area contributed by atoms with Crippen molar-refractivity contribution in [2.24, 2.45) is 0 Å². The fourth-order valence-electron chi connectivity index (χ4n) is 3.53. The molecule has 0 aliphatic carbocycles. The smallest absolute Gasteiger partial charge is 0.243 e. The van der Waals surface area contributed by atoms with E-state index in [1.165, 1.54) is 4.31 Å². The molecule has 0 radical (unpaired) electrons. The summed E-state index contributed by atoms with van der Waals surface area (Å²) in [5.41, 5.74) is 2.88. The minimum Gasteiger partial charge on any atom is -0.390 e. The van der Waals surface area contributed by atoms with E-state index in [0.29, 0.717) is 18.8 Å². The van der Waals surface area contributed by atoms with Gasteiger partial charge in [0.1, 0.15) is 5.82 Å². The first-order chi connectivity index (χ1) is 14.4. The first-order valence-electron chi connectivity index (χ1n) is 9.81. The lowest BCUT2D eigenvalue weighted by molar-refractivity contribution is 0.0949. The number of rotatable bonds is 5. The first kappa shape index (κ1) is 20.5. The molecular weight excluding hydrogens is 400 g/mol. The summed E-state index contributed by atoms with van der Waals surface area (Å²) in [6.07, 6.45) is 4.85. The van der Waals surface area contributed by atoms with Crippen molar-refractivity contribution < 1.29 is 13.5 Å². The van der Waals surface area contributed by atoms with Crippen LogP contribution in [0.5, 0.6) is 0 Å². The van der Waals surface area contributed by atoms with Gasteiger partial charge in [-0.3, -0.25) is 4.98 Å². The summed E-state index contributed by atoms with van der Waals surface area (Å²) in [6, 6.07) is 14.1. The monoisotopic (exact) mass is 424 g/mol. The molecule has 0 bridgehead atoms. The van der Waals surface area contributed by atoms with Crippen LogP contribution in [-0.2, 0) is 10.0 Å². The molecule has 1 aromatic carbocycles. The summed E-state index contributed by atoms with van der Waals surface area (Å²) in [6.45, 7) is 2.32. The second kappa shape index (κ2) is 8.51. The molecule has 3 heterocycles. The Hall–Kier alpha value is -2.81. The van der Waals surface area contributed by atoms with Gasteiger partial charge in [0.15, 0.2) is 0 Å². The molecule has 0 spiro atoms. The lowest BCUT2D eigenvalue weighted by atomic mass is 10.0. The van der Waals surface area contributed by atoms with Gasteiger partial charge >= 0.3 is 0 Å². The van der Waals surface area contributed by atoms with E-state index in [4.69, 9.17) is 0 Å². The lowest BCUT2D eigenvalue weighted by Crippen LogP contribution is -2.51. The second-order valence-electron chi connectivity index (χ2n) is 7.46. The Balaban J connectivity index is 1.44. The van der Waals surface area contributed by atoms with E-state index < -0.39 is 16.1 Å². The molecule has 7 nitrogen and oxygen atoms in total. The Morgan fingerprint density at radius 3 is 2.50 bits per heavy atom. The van der Waals surface area contributed by atoms with E-state index in [2.05, 4.69) is 15.3 Å². The fourth-order valence-corrected chi connectivity index (χ4v) is 5.01. The van der Waals surface area contributed by atoms with E-state index in [1.807, 2.05) is 31.2 Å². The Bertz CT molecular complexity index is 1090. The summed E-state index contributed by atoms with van der Waals surface area (Å²) in [4.78, 5) is 8.60. The number of sulfonamides is 1. The van der Waals surface area contributed by atoms with Gasteiger partial charge in [-0.1, -0.05) is 24.3 Å². The van der Waals surface area contributed by atoms with E-state index in [1.54, 1.807) is 42.9 Å². The normalized spacial score (nSPS) is 20.1. The van der Waals surface area contributed by atoms with Crippen molar-refractivity contribution in [3.8, 4) is 11.1 Å². The standard InChI is InChI=1S/C22H24N4O3S/c1-16-4-9-22(24-13-16)25-20-10-12-26(15-21(20)27)30(28,29)19-7-5-17(6-8-19)18-3-2-11-23-14-18/h2-9,11,13-14,20-21,27H,10,12,15H2,1H3,(H,24,25)/t20-,21+/m1/s1. The van der Waals surface area contributed by atoms with Crippen molar-refractivity contribution in [3.05, 3.63) is 72.7 Å². The number of aromatic nitrogens is 2. The molecule has 8 heteroatoms. The average Bonchev–Trinajstić information content (AvgIpc) is 2.77. The molecule has 3 aromatic rings. The second-order valence-corrected chi connectivity index (χ2v) is 9.39. The third kappa shape index (κ3) is 4.35. The zero-order valence-corrected chi connectivity index (χ0v) is 17.5. The van der Waals surface area contributed by atoms with Crippen LogP contribution in [0.3, 0.4) is 0 Å². The van der Waals surface area contributed by atoms with Crippen LogP contribution < -0.4 is 5.32 Å². The number of piperidine rings is 1. The predicted octanol–water partition coefficient (Wildman–Crippen LogP) is 2.69. The van der Waals surface area contributed by atoms with Crippen molar-refractivity contribution in [3.63, 3.8) is 0 Å². The number of β-amino-alcohol motifs (C(OH)–C–C–N with tert-alkyl or cyclic N) is 1. The van der Waals surface area contributed by atoms with E-state index in [0.717, 1.165) is 16.7 Å². The first-order valence-corrected chi connectivity index (χ1v) is 11.3. The maximum atomic E-state index is 13.1. The molecule has 156 valence electrons. The number of nitrogens with zero attached hydrogens (tertiary/aromatic N) is 3. The number of pyridine rings is 2. The van der Waals surface area contributed by atoms with Crippen molar-refractivity contribution in [2.75, 3.05) is 18.4 Å². The predicted molar refractivity (Wildman–Crippen MR) is 115 cm³/mol. The van der Waals surface area contributed by atoms with Gasteiger partial charge in [0.25, 0.3) is 0 Å². The van der Waals surface area contributed by atoms with Gasteiger partial charge in [-0.25, -0.2) is 13.4 Å². The van der Waals surface area contributed by atoms with Crippen LogP contribution in [0.25, 0.3) is 11.1 Å². The van der Waals surface area contributed by atoms with Gasteiger partial charge in [0.05, 0.1) is 17.0 Å². The Labute approximate surface area is 176 Å². The molecule has 2 atom stereocenters. The summed E-state index contributed by atoms with van der Waals surface area (Å²) >= 11 is 0. The molecule has 1 fully saturated rings. The lowest BCUT2D eigenvalue weighted by Gasteiger charge is -2.35. The van der Waals surface area contributed by atoms with Crippen LogP contribution in [0.15, 0.2) is 72.0 Å². The maximum absolute atomic E-state index is 13.1. The summed E-state index contributed by atoms with van der Waals surface area (Å²) < 4.78 is 27.5.